The monoisotopic (exact) mass is 680 g/mol. The average molecular weight is 682 g/mol. The molecule has 3 heterocycles. The summed E-state index contributed by atoms with van der Waals surface area (Å²) in [5.41, 5.74) is 3.85. The van der Waals surface area contributed by atoms with Gasteiger partial charge in [0.15, 0.2) is 12.1 Å². The summed E-state index contributed by atoms with van der Waals surface area (Å²) in [6.07, 6.45) is 4.66. The van der Waals surface area contributed by atoms with Gasteiger partial charge in [-0.1, -0.05) is 82.0 Å². The molecular weight excluding hydrogens is 658 g/mol. The predicted molar refractivity (Wildman–Crippen MR) is 173 cm³/mol. The van der Waals surface area contributed by atoms with Crippen LogP contribution in [-0.2, 0) is 14.4 Å². The molecule has 13 heteroatoms. The van der Waals surface area contributed by atoms with Crippen LogP contribution in [0.4, 0.5) is 5.69 Å². The number of carbonyl (C=O) groups is 3. The minimum Gasteiger partial charge on any atom is -0.271 e. The highest BCUT2D eigenvalue weighted by Crippen LogP contribution is 2.45. The van der Waals surface area contributed by atoms with Gasteiger partial charge in [-0.25, -0.2) is 9.91 Å². The molecule has 228 valence electrons. The van der Waals surface area contributed by atoms with E-state index in [9.17, 15) is 14.4 Å². The fourth-order valence-electron chi connectivity index (χ4n) is 6.45. The van der Waals surface area contributed by atoms with Crippen LogP contribution >= 0.6 is 46.4 Å². The van der Waals surface area contributed by atoms with Crippen molar-refractivity contribution in [1.82, 2.24) is 10.0 Å². The summed E-state index contributed by atoms with van der Waals surface area (Å²) in [6, 6.07) is 17.0. The van der Waals surface area contributed by atoms with Crippen molar-refractivity contribution < 1.29 is 14.4 Å². The summed E-state index contributed by atoms with van der Waals surface area (Å²) >= 11 is 25.0. The number of hydrazone groups is 1. The van der Waals surface area contributed by atoms with E-state index in [0.29, 0.717) is 10.0 Å². The van der Waals surface area contributed by atoms with Crippen molar-refractivity contribution in [1.29, 1.82) is 0 Å². The Morgan fingerprint density at radius 1 is 0.867 bits per heavy atom. The molecule has 0 N–H and O–H groups in total. The standard InChI is InChI=1S/C32H24Cl4N6O3/c33-20-11-7-17(8-12-20)15-19-3-1-4-22-26(19)38-42(28(22)18-9-13-21(34)14-10-18)25(43)16-40-30-27(37-39-40)31(44)41(32(30)45)29-23(35)5-2-6-24(29)36/h2,5-15,22,27-28,30H,1,3-4,16H2/b19-15+/t22-,27+,28-,30+/m1/s1. The van der Waals surface area contributed by atoms with Crippen molar-refractivity contribution >= 4 is 81.6 Å². The van der Waals surface area contributed by atoms with Crippen LogP contribution < -0.4 is 4.90 Å². The van der Waals surface area contributed by atoms with Gasteiger partial charge < -0.3 is 0 Å². The van der Waals surface area contributed by atoms with E-state index in [-0.39, 0.29) is 28.2 Å². The first-order valence-corrected chi connectivity index (χ1v) is 15.8. The fraction of sp³-hybridized carbons (Fsp3) is 0.250. The molecule has 1 saturated heterocycles. The molecule has 1 saturated carbocycles. The second-order valence-corrected chi connectivity index (χ2v) is 12.9. The number of hydrogen-bond acceptors (Lipinski definition) is 7. The molecule has 1 aliphatic carbocycles. The first-order chi connectivity index (χ1) is 21.7. The van der Waals surface area contributed by atoms with Crippen LogP contribution in [0.2, 0.25) is 20.1 Å². The van der Waals surface area contributed by atoms with Crippen LogP contribution in [0.5, 0.6) is 0 Å². The summed E-state index contributed by atoms with van der Waals surface area (Å²) < 4.78 is 0. The Labute approximate surface area is 278 Å². The third-order valence-corrected chi connectivity index (χ3v) is 9.61. The van der Waals surface area contributed by atoms with Crippen molar-refractivity contribution in [3.8, 4) is 0 Å². The summed E-state index contributed by atoms with van der Waals surface area (Å²) in [5, 5.41) is 17.3. The topological polar surface area (TPSA) is 98.0 Å². The molecule has 3 amide bonds. The van der Waals surface area contributed by atoms with E-state index in [0.717, 1.165) is 46.6 Å². The first kappa shape index (κ1) is 29.9. The van der Waals surface area contributed by atoms with Gasteiger partial charge in [-0.15, -0.1) is 0 Å². The maximum Gasteiger partial charge on any atom is 0.264 e. The highest BCUT2D eigenvalue weighted by Gasteiger charge is 2.56. The number of imide groups is 1. The smallest absolute Gasteiger partial charge is 0.264 e. The largest absolute Gasteiger partial charge is 0.271 e. The number of nitrogens with zero attached hydrogens (tertiary/aromatic N) is 6. The number of carbonyl (C=O) groups excluding carboxylic acids is 3. The number of hydrogen-bond donors (Lipinski definition) is 0. The number of benzene rings is 3. The molecule has 3 aliphatic heterocycles. The van der Waals surface area contributed by atoms with Crippen LogP contribution in [0.3, 0.4) is 0 Å². The minimum absolute atomic E-state index is 0.0528. The van der Waals surface area contributed by atoms with E-state index in [1.165, 1.54) is 10.0 Å². The summed E-state index contributed by atoms with van der Waals surface area (Å²) in [6.45, 7) is -0.322. The Balaban J connectivity index is 1.19. The molecule has 3 aromatic carbocycles. The molecule has 0 unspecified atom stereocenters. The van der Waals surface area contributed by atoms with Crippen molar-refractivity contribution in [2.45, 2.75) is 37.4 Å². The normalized spacial score (nSPS) is 24.8. The Hall–Kier alpha value is -3.76. The number of allylic oxidation sites excluding steroid dienone is 1. The first-order valence-electron chi connectivity index (χ1n) is 14.3. The number of fused-ring (bicyclic) bond motifs is 2. The van der Waals surface area contributed by atoms with Gasteiger partial charge in [-0.2, -0.15) is 10.2 Å². The second-order valence-electron chi connectivity index (χ2n) is 11.2. The Bertz CT molecular complexity index is 1790. The lowest BCUT2D eigenvalue weighted by atomic mass is 9.77. The van der Waals surface area contributed by atoms with Gasteiger partial charge in [0.05, 0.1) is 27.5 Å². The number of para-hydroxylation sites is 1. The fourth-order valence-corrected chi connectivity index (χ4v) is 7.27. The van der Waals surface area contributed by atoms with Gasteiger partial charge in [-0.05, 0) is 78.4 Å². The molecule has 4 aliphatic rings. The molecule has 4 atom stereocenters. The lowest BCUT2D eigenvalue weighted by Crippen LogP contribution is -2.45. The van der Waals surface area contributed by atoms with E-state index in [1.807, 2.05) is 36.4 Å². The van der Waals surface area contributed by atoms with E-state index < -0.39 is 35.8 Å². The SMILES string of the molecule is O=C1[C@H]2N=NN(CC(=O)N3N=C4/C(=C/c5ccc(Cl)cc5)CCC[C@H]4[C@H]3c3ccc(Cl)cc3)[C@@H]2C(=O)N1c1c(Cl)cccc1Cl. The van der Waals surface area contributed by atoms with Crippen LogP contribution in [0, 0.1) is 5.92 Å². The zero-order valence-electron chi connectivity index (χ0n) is 23.5. The summed E-state index contributed by atoms with van der Waals surface area (Å²) in [4.78, 5) is 41.9. The Morgan fingerprint density at radius 3 is 2.22 bits per heavy atom. The van der Waals surface area contributed by atoms with E-state index in [2.05, 4.69) is 16.4 Å². The molecular formula is C32H24Cl4N6O3. The molecule has 0 radical (unpaired) electrons. The minimum atomic E-state index is -1.12. The molecule has 9 nitrogen and oxygen atoms in total. The van der Waals surface area contributed by atoms with E-state index in [1.54, 1.807) is 30.3 Å². The molecule has 3 aromatic rings. The van der Waals surface area contributed by atoms with E-state index >= 15 is 0 Å². The third kappa shape index (κ3) is 5.31. The van der Waals surface area contributed by atoms with Crippen molar-refractivity contribution in [3.05, 3.63) is 104 Å². The van der Waals surface area contributed by atoms with Gasteiger partial charge in [0, 0.05) is 16.0 Å². The highest BCUT2D eigenvalue weighted by molar-refractivity contribution is 6.42. The quantitative estimate of drug-likeness (QED) is 0.262. The maximum absolute atomic E-state index is 14.1. The molecule has 45 heavy (non-hydrogen) atoms. The van der Waals surface area contributed by atoms with Crippen molar-refractivity contribution in [3.63, 3.8) is 0 Å². The Kier molecular flexibility index (Phi) is 7.90. The van der Waals surface area contributed by atoms with Crippen LogP contribution in [-0.4, -0.2) is 52.1 Å². The van der Waals surface area contributed by atoms with Crippen molar-refractivity contribution in [2.24, 2.45) is 21.4 Å². The number of rotatable bonds is 5. The average Bonchev–Trinajstić information content (AvgIpc) is 3.69. The zero-order valence-corrected chi connectivity index (χ0v) is 26.5. The molecule has 0 aromatic heterocycles. The highest BCUT2D eigenvalue weighted by atomic mass is 35.5. The van der Waals surface area contributed by atoms with E-state index in [4.69, 9.17) is 51.5 Å². The summed E-state index contributed by atoms with van der Waals surface area (Å²) in [5.74, 6) is -1.66. The summed E-state index contributed by atoms with van der Waals surface area (Å²) in [7, 11) is 0. The van der Waals surface area contributed by atoms with Gasteiger partial charge in [0.25, 0.3) is 17.7 Å². The van der Waals surface area contributed by atoms with Crippen LogP contribution in [0.1, 0.15) is 36.4 Å². The molecule has 0 bridgehead atoms. The molecule has 2 fully saturated rings. The van der Waals surface area contributed by atoms with Crippen molar-refractivity contribution in [2.75, 3.05) is 11.4 Å². The maximum atomic E-state index is 14.1. The lowest BCUT2D eigenvalue weighted by Gasteiger charge is -2.30. The number of anilines is 1. The van der Waals surface area contributed by atoms with Gasteiger partial charge in [0.2, 0.25) is 0 Å². The third-order valence-electron chi connectivity index (χ3n) is 8.50. The molecule has 0 spiro atoms. The van der Waals surface area contributed by atoms with Gasteiger partial charge in [0.1, 0.15) is 6.54 Å². The van der Waals surface area contributed by atoms with Crippen LogP contribution in [0.25, 0.3) is 6.08 Å². The molecule has 7 rings (SSSR count). The zero-order chi connectivity index (χ0) is 31.4. The second kappa shape index (κ2) is 11.9. The number of amides is 3. The predicted octanol–water partition coefficient (Wildman–Crippen LogP) is 7.42. The van der Waals surface area contributed by atoms with Crippen LogP contribution in [0.15, 0.2) is 87.7 Å². The lowest BCUT2D eigenvalue weighted by molar-refractivity contribution is -0.136. The van der Waals surface area contributed by atoms with Gasteiger partial charge >= 0.3 is 0 Å². The van der Waals surface area contributed by atoms with Gasteiger partial charge in [-0.3, -0.25) is 19.4 Å². The number of halogens is 4. The Morgan fingerprint density at radius 2 is 1.53 bits per heavy atom.